The van der Waals surface area contributed by atoms with E-state index in [4.69, 9.17) is 4.74 Å². The molecule has 0 radical (unpaired) electrons. The second-order valence-electron chi connectivity index (χ2n) is 4.33. The number of ether oxygens (including phenoxy) is 1. The van der Waals surface area contributed by atoms with Crippen LogP contribution in [0, 0.1) is 5.92 Å². The van der Waals surface area contributed by atoms with E-state index < -0.39 is 5.54 Å². The molecule has 2 atom stereocenters. The molecule has 0 aromatic heterocycles. The Morgan fingerprint density at radius 1 is 1.59 bits per heavy atom. The fraction of sp³-hybridized carbons (Fsp3) is 0.538. The van der Waals surface area contributed by atoms with E-state index in [1.54, 1.807) is 12.2 Å². The molecule has 1 N–H and O–H groups in total. The number of rotatable bonds is 4. The van der Waals surface area contributed by atoms with Gasteiger partial charge in [-0.1, -0.05) is 26.3 Å². The molecule has 0 saturated carbocycles. The summed E-state index contributed by atoms with van der Waals surface area (Å²) in [5.74, 6) is 0.162. The summed E-state index contributed by atoms with van der Waals surface area (Å²) in [6.45, 7) is 5.54. The molecule has 0 fully saturated rings. The van der Waals surface area contributed by atoms with Crippen LogP contribution in [0.1, 0.15) is 27.2 Å². The Kier molecular flexibility index (Phi) is 4.10. The van der Waals surface area contributed by atoms with Crippen LogP contribution in [0.3, 0.4) is 0 Å². The number of hydrogen-bond donors (Lipinski definition) is 1. The molecule has 2 unspecified atom stereocenters. The first-order valence-electron chi connectivity index (χ1n) is 5.74. The third kappa shape index (κ3) is 2.75. The predicted molar refractivity (Wildman–Crippen MR) is 65.2 cm³/mol. The van der Waals surface area contributed by atoms with Gasteiger partial charge < -0.3 is 10.1 Å². The standard InChI is InChI=1S/C13H19NO3/c1-5-9(2)13(14-10(3)15)7-6-11(16)12(8-13)17-4/h6-9H,5H2,1-4H3,(H,14,15). The van der Waals surface area contributed by atoms with E-state index >= 15 is 0 Å². The van der Waals surface area contributed by atoms with Crippen molar-refractivity contribution in [1.82, 2.24) is 5.32 Å². The molecule has 1 rings (SSSR count). The van der Waals surface area contributed by atoms with Crippen LogP contribution in [-0.4, -0.2) is 24.3 Å². The van der Waals surface area contributed by atoms with Crippen molar-refractivity contribution in [3.63, 3.8) is 0 Å². The van der Waals surface area contributed by atoms with E-state index in [2.05, 4.69) is 5.32 Å². The zero-order chi connectivity index (χ0) is 13.1. The highest BCUT2D eigenvalue weighted by atomic mass is 16.5. The van der Waals surface area contributed by atoms with Crippen molar-refractivity contribution in [3.05, 3.63) is 24.0 Å². The largest absolute Gasteiger partial charge is 0.493 e. The minimum absolute atomic E-state index is 0.129. The lowest BCUT2D eigenvalue weighted by Crippen LogP contribution is -2.51. The number of carbonyl (C=O) groups is 2. The first kappa shape index (κ1) is 13.5. The quantitative estimate of drug-likeness (QED) is 0.807. The summed E-state index contributed by atoms with van der Waals surface area (Å²) < 4.78 is 5.04. The van der Waals surface area contributed by atoms with Crippen molar-refractivity contribution in [2.45, 2.75) is 32.7 Å². The van der Waals surface area contributed by atoms with Gasteiger partial charge in [0.05, 0.1) is 12.6 Å². The van der Waals surface area contributed by atoms with Gasteiger partial charge >= 0.3 is 0 Å². The van der Waals surface area contributed by atoms with E-state index in [1.807, 2.05) is 13.8 Å². The number of nitrogens with one attached hydrogen (secondary N) is 1. The maximum absolute atomic E-state index is 11.5. The molecule has 94 valence electrons. The van der Waals surface area contributed by atoms with Crippen LogP contribution < -0.4 is 5.32 Å². The van der Waals surface area contributed by atoms with Gasteiger partial charge in [0.15, 0.2) is 5.76 Å². The van der Waals surface area contributed by atoms with Crippen LogP contribution in [0.5, 0.6) is 0 Å². The highest BCUT2D eigenvalue weighted by Gasteiger charge is 2.35. The predicted octanol–water partition coefficient (Wildman–Crippen LogP) is 1.58. The zero-order valence-corrected chi connectivity index (χ0v) is 10.7. The zero-order valence-electron chi connectivity index (χ0n) is 10.7. The van der Waals surface area contributed by atoms with Crippen molar-refractivity contribution >= 4 is 11.7 Å². The molecule has 4 nitrogen and oxygen atoms in total. The molecule has 1 aliphatic carbocycles. The molecule has 0 aromatic carbocycles. The first-order valence-corrected chi connectivity index (χ1v) is 5.74. The van der Waals surface area contributed by atoms with Crippen molar-refractivity contribution in [2.24, 2.45) is 5.92 Å². The third-order valence-electron chi connectivity index (χ3n) is 3.16. The third-order valence-corrected chi connectivity index (χ3v) is 3.16. The molecule has 1 aliphatic rings. The van der Waals surface area contributed by atoms with Crippen LogP contribution >= 0.6 is 0 Å². The summed E-state index contributed by atoms with van der Waals surface area (Å²) in [4.78, 5) is 22.8. The van der Waals surface area contributed by atoms with Crippen molar-refractivity contribution in [2.75, 3.05) is 7.11 Å². The Morgan fingerprint density at radius 3 is 2.71 bits per heavy atom. The molecule has 1 amide bonds. The van der Waals surface area contributed by atoms with Crippen LogP contribution in [-0.2, 0) is 14.3 Å². The summed E-state index contributed by atoms with van der Waals surface area (Å²) in [5.41, 5.74) is -0.625. The Hall–Kier alpha value is -1.58. The topological polar surface area (TPSA) is 55.4 Å². The Labute approximate surface area is 102 Å². The maximum atomic E-state index is 11.5. The van der Waals surface area contributed by atoms with Crippen LogP contribution in [0.25, 0.3) is 0 Å². The molecule has 0 aromatic rings. The first-order chi connectivity index (χ1) is 7.95. The highest BCUT2D eigenvalue weighted by Crippen LogP contribution is 2.29. The molecule has 0 aliphatic heterocycles. The van der Waals surface area contributed by atoms with Gasteiger partial charge in [-0.3, -0.25) is 9.59 Å². The molecule has 0 bridgehead atoms. The van der Waals surface area contributed by atoms with Gasteiger partial charge in [-0.05, 0) is 18.1 Å². The van der Waals surface area contributed by atoms with Gasteiger partial charge in [-0.2, -0.15) is 0 Å². The molecule has 0 saturated heterocycles. The van der Waals surface area contributed by atoms with Gasteiger partial charge in [0.25, 0.3) is 0 Å². The van der Waals surface area contributed by atoms with Crippen LogP contribution in [0.4, 0.5) is 0 Å². The smallest absolute Gasteiger partial charge is 0.219 e. The van der Waals surface area contributed by atoms with E-state index in [-0.39, 0.29) is 23.4 Å². The average molecular weight is 237 g/mol. The Balaban J connectivity index is 3.15. The normalized spacial score (nSPS) is 25.2. The lowest BCUT2D eigenvalue weighted by molar-refractivity contribution is -0.121. The van der Waals surface area contributed by atoms with Gasteiger partial charge in [0, 0.05) is 6.92 Å². The number of methoxy groups -OCH3 is 1. The monoisotopic (exact) mass is 237 g/mol. The second kappa shape index (κ2) is 5.17. The van der Waals surface area contributed by atoms with E-state index in [9.17, 15) is 9.59 Å². The SMILES string of the molecule is CCC(C)C1(NC(C)=O)C=CC(=O)C(OC)=C1. The summed E-state index contributed by atoms with van der Waals surface area (Å²) in [6.07, 6.45) is 5.78. The van der Waals surface area contributed by atoms with Crippen LogP contribution in [0.15, 0.2) is 24.0 Å². The fourth-order valence-corrected chi connectivity index (χ4v) is 1.94. The fourth-order valence-electron chi connectivity index (χ4n) is 1.94. The summed E-state index contributed by atoms with van der Waals surface area (Å²) in [6, 6.07) is 0. The minimum atomic E-state index is -0.625. The Bertz CT molecular complexity index is 384. The van der Waals surface area contributed by atoms with Gasteiger partial charge in [0.1, 0.15) is 0 Å². The summed E-state index contributed by atoms with van der Waals surface area (Å²) in [5, 5.41) is 2.90. The lowest BCUT2D eigenvalue weighted by atomic mass is 9.79. The molecular weight excluding hydrogens is 218 g/mol. The van der Waals surface area contributed by atoms with Crippen molar-refractivity contribution < 1.29 is 14.3 Å². The second-order valence-corrected chi connectivity index (χ2v) is 4.33. The van der Waals surface area contributed by atoms with E-state index in [0.29, 0.717) is 0 Å². The molecule has 4 heteroatoms. The van der Waals surface area contributed by atoms with E-state index in [1.165, 1.54) is 20.1 Å². The molecule has 0 heterocycles. The number of hydrogen-bond acceptors (Lipinski definition) is 3. The summed E-state index contributed by atoms with van der Waals surface area (Å²) >= 11 is 0. The van der Waals surface area contributed by atoms with Crippen molar-refractivity contribution in [1.29, 1.82) is 0 Å². The molecule has 17 heavy (non-hydrogen) atoms. The van der Waals surface area contributed by atoms with E-state index in [0.717, 1.165) is 6.42 Å². The number of ketones is 1. The number of carbonyl (C=O) groups excluding carboxylic acids is 2. The van der Waals surface area contributed by atoms with Gasteiger partial charge in [-0.15, -0.1) is 0 Å². The minimum Gasteiger partial charge on any atom is -0.493 e. The lowest BCUT2D eigenvalue weighted by Gasteiger charge is -2.36. The summed E-state index contributed by atoms with van der Waals surface area (Å²) in [7, 11) is 1.46. The highest BCUT2D eigenvalue weighted by molar-refractivity contribution is 6.04. The van der Waals surface area contributed by atoms with Gasteiger partial charge in [-0.25, -0.2) is 0 Å². The van der Waals surface area contributed by atoms with Gasteiger partial charge in [0.2, 0.25) is 11.7 Å². The maximum Gasteiger partial charge on any atom is 0.219 e. The van der Waals surface area contributed by atoms with Crippen molar-refractivity contribution in [3.8, 4) is 0 Å². The number of allylic oxidation sites excluding steroid dienone is 1. The van der Waals surface area contributed by atoms with Crippen LogP contribution in [0.2, 0.25) is 0 Å². The number of amides is 1. The molecule has 0 spiro atoms. The Morgan fingerprint density at radius 2 is 2.24 bits per heavy atom. The average Bonchev–Trinajstić information content (AvgIpc) is 2.30. The molecular formula is C13H19NO3.